The van der Waals surface area contributed by atoms with E-state index in [0.717, 1.165) is 23.9 Å². The molecular formula is C17H15ClF2O2S2. The zero-order valence-electron chi connectivity index (χ0n) is 12.9. The Labute approximate surface area is 149 Å². The molecule has 0 saturated carbocycles. The molecule has 0 aliphatic carbocycles. The molecule has 0 bridgehead atoms. The molecule has 1 atom stereocenters. The highest BCUT2D eigenvalue weighted by Crippen LogP contribution is 2.51. The van der Waals surface area contributed by atoms with Gasteiger partial charge >= 0.3 is 0 Å². The molecule has 0 saturated heterocycles. The standard InChI is InChI=1S/C17H15ClF2O2S2/c1-2-17(24(21,22)12-5-3-11(18)4-6-12)9-10-23-16-14(20)8-7-13(19)15(16)17/h3-8H,2,9-10H2,1H3. The number of halogens is 3. The van der Waals surface area contributed by atoms with Gasteiger partial charge < -0.3 is 0 Å². The Morgan fingerprint density at radius 1 is 1.12 bits per heavy atom. The van der Waals surface area contributed by atoms with E-state index < -0.39 is 26.2 Å². The first kappa shape index (κ1) is 17.7. The lowest BCUT2D eigenvalue weighted by molar-refractivity contribution is 0.451. The van der Waals surface area contributed by atoms with Crippen LogP contribution in [0.3, 0.4) is 0 Å². The molecular weight excluding hydrogens is 374 g/mol. The van der Waals surface area contributed by atoms with Crippen molar-refractivity contribution in [1.82, 2.24) is 0 Å². The second-order valence-corrected chi connectivity index (χ2v) is 9.44. The van der Waals surface area contributed by atoms with Gasteiger partial charge in [-0.3, -0.25) is 0 Å². The molecule has 0 amide bonds. The van der Waals surface area contributed by atoms with Crippen LogP contribution in [0.2, 0.25) is 5.02 Å². The van der Waals surface area contributed by atoms with Gasteiger partial charge in [0.1, 0.15) is 16.4 Å². The second-order valence-electron chi connectivity index (χ2n) is 5.64. The van der Waals surface area contributed by atoms with Crippen molar-refractivity contribution in [1.29, 1.82) is 0 Å². The highest BCUT2D eigenvalue weighted by molar-refractivity contribution is 7.99. The molecule has 3 rings (SSSR count). The van der Waals surface area contributed by atoms with Crippen molar-refractivity contribution in [3.63, 3.8) is 0 Å². The van der Waals surface area contributed by atoms with Crippen LogP contribution < -0.4 is 0 Å². The van der Waals surface area contributed by atoms with Crippen molar-refractivity contribution in [2.75, 3.05) is 5.75 Å². The maximum absolute atomic E-state index is 14.6. The molecule has 1 heterocycles. The maximum Gasteiger partial charge on any atom is 0.188 e. The highest BCUT2D eigenvalue weighted by atomic mass is 35.5. The minimum absolute atomic E-state index is 0.0452. The van der Waals surface area contributed by atoms with Crippen molar-refractivity contribution in [3.05, 3.63) is 58.6 Å². The van der Waals surface area contributed by atoms with Gasteiger partial charge in [0.2, 0.25) is 0 Å². The highest BCUT2D eigenvalue weighted by Gasteiger charge is 2.50. The first-order valence-corrected chi connectivity index (χ1v) is 10.3. The summed E-state index contributed by atoms with van der Waals surface area (Å²) < 4.78 is 53.9. The Morgan fingerprint density at radius 2 is 1.75 bits per heavy atom. The van der Waals surface area contributed by atoms with E-state index in [9.17, 15) is 17.2 Å². The Kier molecular flexibility index (Phi) is 4.66. The zero-order chi connectivity index (χ0) is 17.5. The van der Waals surface area contributed by atoms with Crippen LogP contribution in [0.25, 0.3) is 0 Å². The van der Waals surface area contributed by atoms with Crippen LogP contribution in [0.4, 0.5) is 8.78 Å². The van der Waals surface area contributed by atoms with Gasteiger partial charge in [-0.15, -0.1) is 11.8 Å². The van der Waals surface area contributed by atoms with E-state index in [4.69, 9.17) is 11.6 Å². The average Bonchev–Trinajstić information content (AvgIpc) is 2.58. The fourth-order valence-electron chi connectivity index (χ4n) is 3.19. The number of hydrogen-bond acceptors (Lipinski definition) is 3. The SMILES string of the molecule is CCC1(S(=O)(=O)c2ccc(Cl)cc2)CCSc2c(F)ccc(F)c21. The largest absolute Gasteiger partial charge is 0.223 e. The summed E-state index contributed by atoms with van der Waals surface area (Å²) in [6.45, 7) is 1.69. The molecule has 2 nitrogen and oxygen atoms in total. The molecule has 2 aromatic carbocycles. The van der Waals surface area contributed by atoms with Gasteiger partial charge in [-0.05, 0) is 55.0 Å². The summed E-state index contributed by atoms with van der Waals surface area (Å²) in [4.78, 5) is 0.163. The molecule has 0 aromatic heterocycles. The third-order valence-corrected chi connectivity index (χ3v) is 8.44. The maximum atomic E-state index is 14.6. The van der Waals surface area contributed by atoms with Crippen LogP contribution in [0.5, 0.6) is 0 Å². The van der Waals surface area contributed by atoms with Gasteiger partial charge in [-0.1, -0.05) is 18.5 Å². The summed E-state index contributed by atoms with van der Waals surface area (Å²) >= 11 is 7.00. The molecule has 24 heavy (non-hydrogen) atoms. The third-order valence-electron chi connectivity index (χ3n) is 4.48. The Balaban J connectivity index is 2.29. The monoisotopic (exact) mass is 388 g/mol. The van der Waals surface area contributed by atoms with E-state index in [0.29, 0.717) is 10.8 Å². The van der Waals surface area contributed by atoms with Gasteiger partial charge in [-0.25, -0.2) is 17.2 Å². The number of benzene rings is 2. The predicted molar refractivity (Wildman–Crippen MR) is 92.3 cm³/mol. The summed E-state index contributed by atoms with van der Waals surface area (Å²) in [5.74, 6) is -0.855. The van der Waals surface area contributed by atoms with Crippen molar-refractivity contribution < 1.29 is 17.2 Å². The molecule has 0 N–H and O–H groups in total. The summed E-state index contributed by atoms with van der Waals surface area (Å²) in [5, 5.41) is 0.413. The molecule has 2 aromatic rings. The Morgan fingerprint density at radius 3 is 2.38 bits per heavy atom. The Hall–Kier alpha value is -1.11. The van der Waals surface area contributed by atoms with E-state index in [1.54, 1.807) is 6.92 Å². The average molecular weight is 389 g/mol. The van der Waals surface area contributed by atoms with Crippen LogP contribution in [0, 0.1) is 11.6 Å². The fourth-order valence-corrected chi connectivity index (χ4v) is 6.98. The van der Waals surface area contributed by atoms with E-state index in [2.05, 4.69) is 0 Å². The van der Waals surface area contributed by atoms with Gasteiger partial charge in [0.15, 0.2) is 9.84 Å². The van der Waals surface area contributed by atoms with Crippen molar-refractivity contribution in [2.24, 2.45) is 0 Å². The van der Waals surface area contributed by atoms with Crippen molar-refractivity contribution in [3.8, 4) is 0 Å². The van der Waals surface area contributed by atoms with E-state index in [1.165, 1.54) is 24.3 Å². The smallest absolute Gasteiger partial charge is 0.188 e. The molecule has 0 spiro atoms. The summed E-state index contributed by atoms with van der Waals surface area (Å²) in [6.07, 6.45) is 0.387. The van der Waals surface area contributed by atoms with Gasteiger partial charge in [0, 0.05) is 10.6 Å². The number of thioether (sulfide) groups is 1. The lowest BCUT2D eigenvalue weighted by Gasteiger charge is -2.37. The first-order valence-electron chi connectivity index (χ1n) is 7.45. The fraction of sp³-hybridized carbons (Fsp3) is 0.294. The quantitative estimate of drug-likeness (QED) is 0.725. The second kappa shape index (κ2) is 6.32. The lowest BCUT2D eigenvalue weighted by atomic mass is 9.91. The van der Waals surface area contributed by atoms with E-state index in [1.807, 2.05) is 0 Å². The van der Waals surface area contributed by atoms with Crippen molar-refractivity contribution in [2.45, 2.75) is 34.3 Å². The molecule has 1 aliphatic rings. The van der Waals surface area contributed by atoms with Crippen LogP contribution in [-0.4, -0.2) is 14.2 Å². The van der Waals surface area contributed by atoms with E-state index in [-0.39, 0.29) is 28.2 Å². The van der Waals surface area contributed by atoms with Crippen molar-refractivity contribution >= 4 is 33.2 Å². The third kappa shape index (κ3) is 2.55. The normalized spacial score (nSPS) is 20.7. The van der Waals surface area contributed by atoms with Gasteiger partial charge in [-0.2, -0.15) is 0 Å². The Bertz CT molecular complexity index is 882. The van der Waals surface area contributed by atoms with Crippen LogP contribution in [0.15, 0.2) is 46.2 Å². The zero-order valence-corrected chi connectivity index (χ0v) is 15.2. The number of rotatable bonds is 3. The number of sulfone groups is 1. The molecule has 128 valence electrons. The summed E-state index contributed by atoms with van der Waals surface area (Å²) in [6, 6.07) is 7.83. The van der Waals surface area contributed by atoms with Crippen LogP contribution in [0.1, 0.15) is 25.3 Å². The first-order chi connectivity index (χ1) is 11.3. The summed E-state index contributed by atoms with van der Waals surface area (Å²) in [5.41, 5.74) is -0.0452. The van der Waals surface area contributed by atoms with Crippen LogP contribution >= 0.6 is 23.4 Å². The molecule has 1 unspecified atom stereocenters. The van der Waals surface area contributed by atoms with Crippen LogP contribution in [-0.2, 0) is 14.6 Å². The molecule has 0 radical (unpaired) electrons. The van der Waals surface area contributed by atoms with Gasteiger partial charge in [0.25, 0.3) is 0 Å². The topological polar surface area (TPSA) is 34.1 Å². The predicted octanol–water partition coefficient (Wildman–Crippen LogP) is 5.19. The number of hydrogen-bond donors (Lipinski definition) is 0. The minimum Gasteiger partial charge on any atom is -0.223 e. The lowest BCUT2D eigenvalue weighted by Crippen LogP contribution is -2.39. The van der Waals surface area contributed by atoms with E-state index >= 15 is 0 Å². The summed E-state index contributed by atoms with van der Waals surface area (Å²) in [7, 11) is -3.92. The van der Waals surface area contributed by atoms with Gasteiger partial charge in [0.05, 0.1) is 9.79 Å². The number of fused-ring (bicyclic) bond motifs is 1. The molecule has 1 aliphatic heterocycles. The minimum atomic E-state index is -3.92. The molecule has 7 heteroatoms. The molecule has 0 fully saturated rings.